The van der Waals surface area contributed by atoms with Crippen LogP contribution in [0.4, 0.5) is 0 Å². The molecule has 0 aliphatic carbocycles. The summed E-state index contributed by atoms with van der Waals surface area (Å²) in [5, 5.41) is 9.84. The molecule has 0 unspecified atom stereocenters. The molecule has 0 saturated carbocycles. The number of carbonyl (C=O) groups is 1. The molecule has 4 heteroatoms. The zero-order valence-corrected chi connectivity index (χ0v) is 9.33. The normalized spacial score (nSPS) is 10.7. The first-order valence-corrected chi connectivity index (χ1v) is 5.42. The monoisotopic (exact) mass is 239 g/mol. The number of carbonyl (C=O) groups excluding carboxylic acids is 1. The Morgan fingerprint density at radius 1 is 1.17 bits per heavy atom. The van der Waals surface area contributed by atoms with Crippen LogP contribution in [0.15, 0.2) is 46.9 Å². The lowest BCUT2D eigenvalue weighted by molar-refractivity contribution is 0.112. The Kier molecular flexibility index (Phi) is 2.34. The minimum atomic E-state index is -0.0221. The number of oxazole rings is 1. The van der Waals surface area contributed by atoms with Gasteiger partial charge in [0.2, 0.25) is 5.89 Å². The SMILES string of the molecule is O=Cc1ccc(-c2nc3ccccc3o2)c(O)c1. The zero-order valence-electron chi connectivity index (χ0n) is 9.33. The molecule has 88 valence electrons. The van der Waals surface area contributed by atoms with Gasteiger partial charge < -0.3 is 9.52 Å². The predicted molar refractivity (Wildman–Crippen MR) is 66.5 cm³/mol. The van der Waals surface area contributed by atoms with Gasteiger partial charge in [0.25, 0.3) is 0 Å². The van der Waals surface area contributed by atoms with Crippen LogP contribution in [-0.4, -0.2) is 16.4 Å². The molecule has 0 amide bonds. The van der Waals surface area contributed by atoms with Crippen LogP contribution in [0.3, 0.4) is 0 Å². The molecule has 4 nitrogen and oxygen atoms in total. The van der Waals surface area contributed by atoms with Crippen LogP contribution in [0.2, 0.25) is 0 Å². The van der Waals surface area contributed by atoms with Crippen LogP contribution in [0.1, 0.15) is 10.4 Å². The topological polar surface area (TPSA) is 63.3 Å². The van der Waals surface area contributed by atoms with E-state index in [1.807, 2.05) is 24.3 Å². The molecule has 0 bridgehead atoms. The third kappa shape index (κ3) is 1.64. The zero-order chi connectivity index (χ0) is 12.5. The summed E-state index contributed by atoms with van der Waals surface area (Å²) in [6.07, 6.45) is 0.676. The van der Waals surface area contributed by atoms with Gasteiger partial charge in [0, 0.05) is 5.56 Å². The van der Waals surface area contributed by atoms with E-state index in [0.717, 1.165) is 5.52 Å². The Hall–Kier alpha value is -2.62. The number of benzene rings is 2. The second-order valence-electron chi connectivity index (χ2n) is 3.88. The summed E-state index contributed by atoms with van der Waals surface area (Å²) in [4.78, 5) is 14.9. The fourth-order valence-corrected chi connectivity index (χ4v) is 1.79. The minimum absolute atomic E-state index is 0.0221. The van der Waals surface area contributed by atoms with Crippen molar-refractivity contribution in [2.45, 2.75) is 0 Å². The van der Waals surface area contributed by atoms with Gasteiger partial charge in [-0.2, -0.15) is 0 Å². The Bertz CT molecular complexity index is 698. The molecule has 18 heavy (non-hydrogen) atoms. The maximum Gasteiger partial charge on any atom is 0.231 e. The Morgan fingerprint density at radius 2 is 2.00 bits per heavy atom. The Balaban J connectivity index is 2.16. The van der Waals surface area contributed by atoms with Gasteiger partial charge in [-0.3, -0.25) is 4.79 Å². The summed E-state index contributed by atoms with van der Waals surface area (Å²) < 4.78 is 5.55. The van der Waals surface area contributed by atoms with E-state index < -0.39 is 0 Å². The molecular formula is C14H9NO3. The molecular weight excluding hydrogens is 230 g/mol. The number of aromatic hydroxyl groups is 1. The molecule has 2 aromatic carbocycles. The van der Waals surface area contributed by atoms with Gasteiger partial charge in [-0.15, -0.1) is 0 Å². The Morgan fingerprint density at radius 3 is 2.72 bits per heavy atom. The third-order valence-corrected chi connectivity index (χ3v) is 2.68. The molecule has 3 rings (SSSR count). The van der Waals surface area contributed by atoms with Gasteiger partial charge >= 0.3 is 0 Å². The van der Waals surface area contributed by atoms with Gasteiger partial charge in [-0.05, 0) is 24.3 Å². The number of para-hydroxylation sites is 2. The van der Waals surface area contributed by atoms with Gasteiger partial charge in [0.05, 0.1) is 5.56 Å². The number of rotatable bonds is 2. The molecule has 0 spiro atoms. The first-order chi connectivity index (χ1) is 8.78. The van der Waals surface area contributed by atoms with Crippen molar-refractivity contribution in [2.75, 3.05) is 0 Å². The van der Waals surface area contributed by atoms with Crippen molar-refractivity contribution in [3.8, 4) is 17.2 Å². The molecule has 0 fully saturated rings. The third-order valence-electron chi connectivity index (χ3n) is 2.68. The number of hydrogen-bond acceptors (Lipinski definition) is 4. The summed E-state index contributed by atoms with van der Waals surface area (Å²) in [5.74, 6) is 0.317. The molecule has 0 aliphatic rings. The van der Waals surface area contributed by atoms with E-state index in [0.29, 0.717) is 28.9 Å². The number of aromatic nitrogens is 1. The number of hydrogen-bond donors (Lipinski definition) is 1. The largest absolute Gasteiger partial charge is 0.507 e. The van der Waals surface area contributed by atoms with E-state index >= 15 is 0 Å². The smallest absolute Gasteiger partial charge is 0.231 e. The van der Waals surface area contributed by atoms with Crippen molar-refractivity contribution in [2.24, 2.45) is 0 Å². The number of aldehydes is 1. The Labute approximate surface area is 103 Å². The van der Waals surface area contributed by atoms with Gasteiger partial charge in [0.1, 0.15) is 17.6 Å². The van der Waals surface area contributed by atoms with E-state index in [1.165, 1.54) is 6.07 Å². The maximum atomic E-state index is 10.6. The quantitative estimate of drug-likeness (QED) is 0.698. The fourth-order valence-electron chi connectivity index (χ4n) is 1.79. The number of phenols is 1. The molecule has 0 aliphatic heterocycles. The van der Waals surface area contributed by atoms with Crippen LogP contribution in [-0.2, 0) is 0 Å². The highest BCUT2D eigenvalue weighted by Crippen LogP contribution is 2.31. The summed E-state index contributed by atoms with van der Waals surface area (Å²) >= 11 is 0. The highest BCUT2D eigenvalue weighted by Gasteiger charge is 2.12. The minimum Gasteiger partial charge on any atom is -0.507 e. The van der Waals surface area contributed by atoms with Gasteiger partial charge in [-0.25, -0.2) is 4.98 Å². The van der Waals surface area contributed by atoms with Gasteiger partial charge in [0.15, 0.2) is 5.58 Å². The summed E-state index contributed by atoms with van der Waals surface area (Å²) in [5.41, 5.74) is 2.27. The lowest BCUT2D eigenvalue weighted by Gasteiger charge is -2.00. The van der Waals surface area contributed by atoms with E-state index in [4.69, 9.17) is 4.42 Å². The highest BCUT2D eigenvalue weighted by atomic mass is 16.3. The van der Waals surface area contributed by atoms with Crippen molar-refractivity contribution in [1.82, 2.24) is 4.98 Å². The second-order valence-corrected chi connectivity index (χ2v) is 3.88. The van der Waals surface area contributed by atoms with Crippen LogP contribution >= 0.6 is 0 Å². The van der Waals surface area contributed by atoms with Crippen LogP contribution in [0.25, 0.3) is 22.6 Å². The number of nitrogens with zero attached hydrogens (tertiary/aromatic N) is 1. The maximum absolute atomic E-state index is 10.6. The van der Waals surface area contributed by atoms with Gasteiger partial charge in [-0.1, -0.05) is 18.2 Å². The molecule has 0 saturated heterocycles. The molecule has 0 atom stereocenters. The van der Waals surface area contributed by atoms with Crippen LogP contribution in [0.5, 0.6) is 5.75 Å². The molecule has 1 N–H and O–H groups in total. The van der Waals surface area contributed by atoms with Crippen molar-refractivity contribution in [3.63, 3.8) is 0 Å². The molecule has 0 radical (unpaired) electrons. The van der Waals surface area contributed by atoms with E-state index in [-0.39, 0.29) is 5.75 Å². The molecule has 1 heterocycles. The van der Waals surface area contributed by atoms with E-state index in [1.54, 1.807) is 12.1 Å². The average Bonchev–Trinajstić information content (AvgIpc) is 2.81. The van der Waals surface area contributed by atoms with E-state index in [2.05, 4.69) is 4.98 Å². The predicted octanol–water partition coefficient (Wildman–Crippen LogP) is 3.01. The number of fused-ring (bicyclic) bond motifs is 1. The van der Waals surface area contributed by atoms with Crippen molar-refractivity contribution >= 4 is 17.4 Å². The van der Waals surface area contributed by atoms with Crippen molar-refractivity contribution in [1.29, 1.82) is 0 Å². The first kappa shape index (κ1) is 10.5. The number of phenolic OH excluding ortho intramolecular Hbond substituents is 1. The van der Waals surface area contributed by atoms with Crippen LogP contribution < -0.4 is 0 Å². The average molecular weight is 239 g/mol. The summed E-state index contributed by atoms with van der Waals surface area (Å²) in [6, 6.07) is 12.0. The lowest BCUT2D eigenvalue weighted by Crippen LogP contribution is -1.83. The summed E-state index contributed by atoms with van der Waals surface area (Å²) in [7, 11) is 0. The fraction of sp³-hybridized carbons (Fsp3) is 0. The molecule has 3 aromatic rings. The van der Waals surface area contributed by atoms with E-state index in [9.17, 15) is 9.90 Å². The standard InChI is InChI=1S/C14H9NO3/c16-8-9-5-6-10(12(17)7-9)14-15-11-3-1-2-4-13(11)18-14/h1-8,17H. The van der Waals surface area contributed by atoms with Crippen molar-refractivity contribution in [3.05, 3.63) is 48.0 Å². The van der Waals surface area contributed by atoms with Crippen LogP contribution in [0, 0.1) is 0 Å². The second kappa shape index (κ2) is 4.00. The lowest BCUT2D eigenvalue weighted by atomic mass is 10.1. The first-order valence-electron chi connectivity index (χ1n) is 5.42. The molecule has 1 aromatic heterocycles. The van der Waals surface area contributed by atoms with Crippen molar-refractivity contribution < 1.29 is 14.3 Å². The highest BCUT2D eigenvalue weighted by molar-refractivity contribution is 5.81. The summed E-state index contributed by atoms with van der Waals surface area (Å²) in [6.45, 7) is 0.